The first-order valence-electron chi connectivity index (χ1n) is 8.50. The van der Waals surface area contributed by atoms with Gasteiger partial charge in [0.05, 0.1) is 23.8 Å². The predicted octanol–water partition coefficient (Wildman–Crippen LogP) is 3.76. The molecule has 2 aromatic heterocycles. The van der Waals surface area contributed by atoms with Gasteiger partial charge in [0.15, 0.2) is 0 Å². The molecule has 0 aliphatic rings. The molecular formula is C19H24N4OS. The molecule has 0 atom stereocenters. The van der Waals surface area contributed by atoms with Crippen LogP contribution in [0.15, 0.2) is 47.6 Å². The zero-order valence-corrected chi connectivity index (χ0v) is 15.8. The number of nitrogens with zero attached hydrogens (tertiary/aromatic N) is 4. The van der Waals surface area contributed by atoms with E-state index in [1.165, 1.54) is 10.5 Å². The van der Waals surface area contributed by atoms with Crippen LogP contribution in [0.3, 0.4) is 0 Å². The van der Waals surface area contributed by atoms with Crippen LogP contribution in [0.2, 0.25) is 0 Å². The topological polar surface area (TPSA) is 43.2 Å². The van der Waals surface area contributed by atoms with Gasteiger partial charge in [0.1, 0.15) is 5.82 Å². The Bertz CT molecular complexity index is 816. The minimum atomic E-state index is 0.763. The van der Waals surface area contributed by atoms with Crippen molar-refractivity contribution in [3.63, 3.8) is 0 Å². The van der Waals surface area contributed by atoms with Crippen LogP contribution in [0.1, 0.15) is 18.3 Å². The third kappa shape index (κ3) is 4.60. The van der Waals surface area contributed by atoms with E-state index >= 15 is 0 Å². The highest BCUT2D eigenvalue weighted by Crippen LogP contribution is 2.22. The van der Waals surface area contributed by atoms with Gasteiger partial charge in [-0.15, -0.1) is 0 Å². The fraction of sp³-hybridized carbons (Fsp3) is 0.368. The summed E-state index contributed by atoms with van der Waals surface area (Å²) < 4.78 is 9.80. The molecule has 6 heteroatoms. The van der Waals surface area contributed by atoms with E-state index < -0.39 is 0 Å². The zero-order valence-electron chi connectivity index (χ0n) is 15.0. The van der Waals surface area contributed by atoms with Gasteiger partial charge in [0.2, 0.25) is 0 Å². The van der Waals surface area contributed by atoms with Crippen LogP contribution in [0.5, 0.6) is 0 Å². The average Bonchev–Trinajstić information content (AvgIpc) is 2.92. The number of hydrogen-bond acceptors (Lipinski definition) is 5. The number of benzene rings is 1. The average molecular weight is 356 g/mol. The molecule has 5 nitrogen and oxygen atoms in total. The van der Waals surface area contributed by atoms with Gasteiger partial charge in [-0.25, -0.2) is 9.29 Å². The van der Waals surface area contributed by atoms with Crippen molar-refractivity contribution < 1.29 is 4.74 Å². The molecule has 0 unspecified atom stereocenters. The first-order valence-corrected chi connectivity index (χ1v) is 9.27. The van der Waals surface area contributed by atoms with Gasteiger partial charge in [0.25, 0.3) is 0 Å². The molecular weight excluding hydrogens is 332 g/mol. The molecule has 132 valence electrons. The second-order valence-electron chi connectivity index (χ2n) is 5.89. The summed E-state index contributed by atoms with van der Waals surface area (Å²) in [5.74, 6) is 1.01. The molecule has 25 heavy (non-hydrogen) atoms. The smallest absolute Gasteiger partial charge is 0.107 e. The Balaban J connectivity index is 1.65. The molecule has 0 aliphatic carbocycles. The monoisotopic (exact) mass is 356 g/mol. The van der Waals surface area contributed by atoms with Crippen LogP contribution in [-0.4, -0.2) is 45.6 Å². The van der Waals surface area contributed by atoms with E-state index in [0.29, 0.717) is 0 Å². The highest BCUT2D eigenvalue weighted by molar-refractivity contribution is 7.97. The van der Waals surface area contributed by atoms with Gasteiger partial charge in [-0.05, 0) is 56.6 Å². The largest absolute Gasteiger partial charge is 0.380 e. The standard InChI is InChI=1S/C19H24N4OS/c1-4-24-12-11-22(3)25-17-7-5-16(6-8-17)14-23-15(2)21-18-9-10-20-13-19(18)23/h5-10,13H,4,11-12,14H2,1-3H3. The summed E-state index contributed by atoms with van der Waals surface area (Å²) in [7, 11) is 2.09. The van der Waals surface area contributed by atoms with Gasteiger partial charge < -0.3 is 9.30 Å². The molecule has 0 N–H and O–H groups in total. The Labute approximate surface area is 153 Å². The third-order valence-electron chi connectivity index (χ3n) is 4.02. The number of hydrogen-bond donors (Lipinski definition) is 0. The summed E-state index contributed by atoms with van der Waals surface area (Å²) in [6.45, 7) is 7.31. The number of pyridine rings is 1. The lowest BCUT2D eigenvalue weighted by Gasteiger charge is -2.15. The van der Waals surface area contributed by atoms with Crippen molar-refractivity contribution >= 4 is 23.0 Å². The van der Waals surface area contributed by atoms with E-state index in [9.17, 15) is 0 Å². The summed E-state index contributed by atoms with van der Waals surface area (Å²) in [6, 6.07) is 10.7. The molecule has 3 aromatic rings. The number of aromatic nitrogens is 3. The van der Waals surface area contributed by atoms with E-state index in [4.69, 9.17) is 4.74 Å². The van der Waals surface area contributed by atoms with Crippen LogP contribution in [0, 0.1) is 6.92 Å². The van der Waals surface area contributed by atoms with Crippen LogP contribution < -0.4 is 0 Å². The molecule has 3 rings (SSSR count). The summed E-state index contributed by atoms with van der Waals surface area (Å²) in [5, 5.41) is 0. The fourth-order valence-corrected chi connectivity index (χ4v) is 3.47. The van der Waals surface area contributed by atoms with Crippen molar-refractivity contribution in [1.82, 2.24) is 18.8 Å². The Morgan fingerprint density at radius 1 is 1.20 bits per heavy atom. The number of rotatable bonds is 8. The maximum atomic E-state index is 5.40. The van der Waals surface area contributed by atoms with E-state index in [1.54, 1.807) is 18.1 Å². The molecule has 2 heterocycles. The van der Waals surface area contributed by atoms with Crippen LogP contribution in [0.25, 0.3) is 11.0 Å². The Morgan fingerprint density at radius 3 is 2.76 bits per heavy atom. The summed E-state index contributed by atoms with van der Waals surface area (Å²) in [5.41, 5.74) is 3.33. The number of aryl methyl sites for hydroxylation is 1. The quantitative estimate of drug-likeness (QED) is 0.454. The Hall–Kier alpha value is -1.89. The predicted molar refractivity (Wildman–Crippen MR) is 103 cm³/mol. The molecule has 0 bridgehead atoms. The van der Waals surface area contributed by atoms with E-state index in [0.717, 1.165) is 43.2 Å². The van der Waals surface area contributed by atoms with Crippen molar-refractivity contribution in [1.29, 1.82) is 0 Å². The third-order valence-corrected chi connectivity index (χ3v) is 5.00. The lowest BCUT2D eigenvalue weighted by Crippen LogP contribution is -2.15. The molecule has 0 radical (unpaired) electrons. The fourth-order valence-electron chi connectivity index (χ4n) is 2.69. The lowest BCUT2D eigenvalue weighted by atomic mass is 10.2. The highest BCUT2D eigenvalue weighted by Gasteiger charge is 2.08. The van der Waals surface area contributed by atoms with Crippen molar-refractivity contribution in [3.05, 3.63) is 54.1 Å². The zero-order chi connectivity index (χ0) is 17.6. The highest BCUT2D eigenvalue weighted by atomic mass is 32.2. The van der Waals surface area contributed by atoms with Crippen molar-refractivity contribution in [2.24, 2.45) is 0 Å². The SMILES string of the molecule is CCOCCN(C)Sc1ccc(Cn2c(C)nc3ccncc32)cc1. The summed E-state index contributed by atoms with van der Waals surface area (Å²) in [6.07, 6.45) is 3.67. The first kappa shape index (κ1) is 17.9. The number of fused-ring (bicyclic) bond motifs is 1. The molecule has 0 saturated heterocycles. The van der Waals surface area contributed by atoms with E-state index in [1.807, 2.05) is 26.1 Å². The minimum absolute atomic E-state index is 0.763. The Kier molecular flexibility index (Phi) is 6.07. The molecule has 0 saturated carbocycles. The van der Waals surface area contributed by atoms with Crippen molar-refractivity contribution in [2.45, 2.75) is 25.3 Å². The van der Waals surface area contributed by atoms with Gasteiger partial charge in [-0.3, -0.25) is 4.98 Å². The molecule has 0 spiro atoms. The van der Waals surface area contributed by atoms with E-state index in [-0.39, 0.29) is 0 Å². The van der Waals surface area contributed by atoms with Crippen molar-refractivity contribution in [3.8, 4) is 0 Å². The molecule has 1 aromatic carbocycles. The minimum Gasteiger partial charge on any atom is -0.380 e. The normalized spacial score (nSPS) is 11.5. The maximum Gasteiger partial charge on any atom is 0.107 e. The van der Waals surface area contributed by atoms with Crippen LogP contribution in [-0.2, 0) is 11.3 Å². The molecule has 0 aliphatic heterocycles. The molecule has 0 fully saturated rings. The van der Waals surface area contributed by atoms with Crippen LogP contribution in [0.4, 0.5) is 0 Å². The second kappa shape index (κ2) is 8.47. The van der Waals surface area contributed by atoms with Crippen molar-refractivity contribution in [2.75, 3.05) is 26.8 Å². The lowest BCUT2D eigenvalue weighted by molar-refractivity contribution is 0.140. The maximum absolute atomic E-state index is 5.40. The summed E-state index contributed by atoms with van der Waals surface area (Å²) in [4.78, 5) is 10.1. The van der Waals surface area contributed by atoms with E-state index in [2.05, 4.69) is 50.2 Å². The van der Waals surface area contributed by atoms with Gasteiger partial charge in [-0.1, -0.05) is 12.1 Å². The first-order chi connectivity index (χ1) is 12.2. The van der Waals surface area contributed by atoms with Gasteiger partial charge in [0, 0.05) is 30.8 Å². The number of ether oxygens (including phenoxy) is 1. The number of imidazole rings is 1. The Morgan fingerprint density at radius 2 is 2.00 bits per heavy atom. The molecule has 0 amide bonds. The second-order valence-corrected chi connectivity index (χ2v) is 7.17. The van der Waals surface area contributed by atoms with Crippen LogP contribution >= 0.6 is 11.9 Å². The van der Waals surface area contributed by atoms with Gasteiger partial charge in [-0.2, -0.15) is 0 Å². The van der Waals surface area contributed by atoms with Gasteiger partial charge >= 0.3 is 0 Å². The summed E-state index contributed by atoms with van der Waals surface area (Å²) >= 11 is 1.74. The number of likely N-dealkylation sites (N-methyl/N-ethyl adjacent to an activating group) is 1.